The fraction of sp³-hybridized carbons (Fsp3) is 0.750. The smallest absolute Gasteiger partial charge is 0.438 e. The van der Waals surface area contributed by atoms with E-state index in [4.69, 9.17) is 14.2 Å². The summed E-state index contributed by atoms with van der Waals surface area (Å²) in [5.74, 6) is 0. The van der Waals surface area contributed by atoms with E-state index >= 15 is 0 Å². The maximum Gasteiger partial charge on any atom is 0.510 e. The summed E-state index contributed by atoms with van der Waals surface area (Å²) in [7, 11) is 2.36. The first kappa shape index (κ1) is 11.6. The van der Waals surface area contributed by atoms with Crippen molar-refractivity contribution >= 4 is 12.3 Å². The van der Waals surface area contributed by atoms with Crippen LogP contribution in [-0.4, -0.2) is 45.5 Å². The third-order valence-electron chi connectivity index (χ3n) is 1.78. The first-order valence-corrected chi connectivity index (χ1v) is 4.28. The summed E-state index contributed by atoms with van der Waals surface area (Å²) in [5.41, 5.74) is 0. The van der Waals surface area contributed by atoms with Crippen molar-refractivity contribution in [1.82, 2.24) is 0 Å². The molecule has 1 fully saturated rings. The van der Waals surface area contributed by atoms with Crippen LogP contribution in [0.2, 0.25) is 0 Å². The van der Waals surface area contributed by atoms with E-state index in [1.807, 2.05) is 0 Å². The topological polar surface area (TPSA) is 80.3 Å². The Bertz CT molecular complexity index is 215. The summed E-state index contributed by atoms with van der Waals surface area (Å²) in [5, 5.41) is 0. The lowest BCUT2D eigenvalue weighted by Crippen LogP contribution is -2.31. The van der Waals surface area contributed by atoms with E-state index in [-0.39, 0.29) is 0 Å². The Morgan fingerprint density at radius 2 is 1.73 bits per heavy atom. The molecule has 0 aromatic heterocycles. The van der Waals surface area contributed by atoms with Crippen LogP contribution in [0, 0.1) is 0 Å². The Balaban J connectivity index is 2.42. The molecule has 7 nitrogen and oxygen atoms in total. The molecule has 2 atom stereocenters. The number of carbonyl (C=O) groups excluding carboxylic acids is 2. The molecule has 86 valence electrons. The molecule has 0 N–H and O–H groups in total. The Morgan fingerprint density at radius 3 is 2.33 bits per heavy atom. The minimum atomic E-state index is -0.934. The molecule has 0 radical (unpaired) electrons. The van der Waals surface area contributed by atoms with Gasteiger partial charge in [0, 0.05) is 6.42 Å². The van der Waals surface area contributed by atoms with Gasteiger partial charge in [-0.05, 0) is 0 Å². The number of methoxy groups -OCH3 is 2. The van der Waals surface area contributed by atoms with Crippen molar-refractivity contribution in [3.8, 4) is 0 Å². The number of carbonyl (C=O) groups is 2. The molecule has 0 spiro atoms. The minimum absolute atomic E-state index is 0.337. The van der Waals surface area contributed by atoms with Crippen LogP contribution in [0.3, 0.4) is 0 Å². The van der Waals surface area contributed by atoms with Crippen molar-refractivity contribution < 1.29 is 33.3 Å². The monoisotopic (exact) mass is 220 g/mol. The van der Waals surface area contributed by atoms with Crippen LogP contribution >= 0.6 is 0 Å². The summed E-state index contributed by atoms with van der Waals surface area (Å²) < 4.78 is 23.1. The van der Waals surface area contributed by atoms with Crippen LogP contribution in [0.5, 0.6) is 0 Å². The summed E-state index contributed by atoms with van der Waals surface area (Å²) in [6.07, 6.45) is -2.88. The lowest BCUT2D eigenvalue weighted by Gasteiger charge is -2.17. The zero-order valence-electron chi connectivity index (χ0n) is 8.43. The molecular formula is C8H12O7. The molecule has 0 saturated carbocycles. The summed E-state index contributed by atoms with van der Waals surface area (Å²) in [4.78, 5) is 21.6. The van der Waals surface area contributed by atoms with Crippen LogP contribution in [0.4, 0.5) is 9.59 Å². The third kappa shape index (κ3) is 3.28. The van der Waals surface area contributed by atoms with Crippen molar-refractivity contribution in [2.24, 2.45) is 0 Å². The molecule has 15 heavy (non-hydrogen) atoms. The van der Waals surface area contributed by atoms with Crippen molar-refractivity contribution in [2.75, 3.05) is 20.8 Å². The zero-order valence-corrected chi connectivity index (χ0v) is 8.43. The first-order valence-electron chi connectivity index (χ1n) is 4.28. The zero-order chi connectivity index (χ0) is 11.3. The molecule has 1 aliphatic heterocycles. The highest BCUT2D eigenvalue weighted by Crippen LogP contribution is 2.19. The van der Waals surface area contributed by atoms with Crippen molar-refractivity contribution in [3.63, 3.8) is 0 Å². The molecule has 0 aromatic rings. The minimum Gasteiger partial charge on any atom is -0.438 e. The van der Waals surface area contributed by atoms with Crippen LogP contribution in [-0.2, 0) is 23.7 Å². The van der Waals surface area contributed by atoms with Gasteiger partial charge >= 0.3 is 12.3 Å². The Labute approximate surface area is 86.2 Å². The lowest BCUT2D eigenvalue weighted by molar-refractivity contribution is -0.133. The molecular weight excluding hydrogens is 208 g/mol. The lowest BCUT2D eigenvalue weighted by atomic mass is 10.3. The molecule has 1 heterocycles. The molecule has 7 heteroatoms. The highest BCUT2D eigenvalue weighted by Gasteiger charge is 2.35. The van der Waals surface area contributed by atoms with Gasteiger partial charge in [-0.15, -0.1) is 0 Å². The highest BCUT2D eigenvalue weighted by atomic mass is 16.8. The van der Waals surface area contributed by atoms with E-state index in [9.17, 15) is 9.59 Å². The summed E-state index contributed by atoms with van der Waals surface area (Å²) in [6.45, 7) is 0.337. The normalized spacial score (nSPS) is 24.4. The Hall–Kier alpha value is -1.50. The van der Waals surface area contributed by atoms with Crippen LogP contribution in [0.25, 0.3) is 0 Å². The second-order valence-electron chi connectivity index (χ2n) is 2.71. The molecule has 0 aromatic carbocycles. The van der Waals surface area contributed by atoms with Gasteiger partial charge in [0.2, 0.25) is 6.29 Å². The number of hydrogen-bond donors (Lipinski definition) is 0. The fourth-order valence-electron chi connectivity index (χ4n) is 1.08. The number of hydrogen-bond acceptors (Lipinski definition) is 7. The van der Waals surface area contributed by atoms with Crippen molar-refractivity contribution in [2.45, 2.75) is 18.8 Å². The van der Waals surface area contributed by atoms with E-state index in [2.05, 4.69) is 9.47 Å². The van der Waals surface area contributed by atoms with Crippen molar-refractivity contribution in [3.05, 3.63) is 0 Å². The highest BCUT2D eigenvalue weighted by molar-refractivity contribution is 5.61. The van der Waals surface area contributed by atoms with E-state index in [0.717, 1.165) is 0 Å². The second kappa shape index (κ2) is 5.40. The maximum atomic E-state index is 10.8. The predicted octanol–water partition coefficient (Wildman–Crippen LogP) is 0.667. The fourth-order valence-corrected chi connectivity index (χ4v) is 1.08. The van der Waals surface area contributed by atoms with Gasteiger partial charge < -0.3 is 23.7 Å². The van der Waals surface area contributed by atoms with Crippen LogP contribution < -0.4 is 0 Å². The number of rotatable bonds is 2. The SMILES string of the molecule is COC(=O)OC1CCOC1OC(=O)OC. The van der Waals surface area contributed by atoms with Gasteiger partial charge in [0.25, 0.3) is 0 Å². The third-order valence-corrected chi connectivity index (χ3v) is 1.78. The van der Waals surface area contributed by atoms with Gasteiger partial charge in [-0.1, -0.05) is 0 Å². The van der Waals surface area contributed by atoms with Crippen LogP contribution in [0.15, 0.2) is 0 Å². The molecule has 0 amide bonds. The van der Waals surface area contributed by atoms with E-state index in [1.54, 1.807) is 0 Å². The summed E-state index contributed by atoms with van der Waals surface area (Å²) in [6, 6.07) is 0. The van der Waals surface area contributed by atoms with E-state index < -0.39 is 24.7 Å². The van der Waals surface area contributed by atoms with Crippen LogP contribution in [0.1, 0.15) is 6.42 Å². The number of ether oxygens (including phenoxy) is 5. The van der Waals surface area contributed by atoms with Crippen molar-refractivity contribution in [1.29, 1.82) is 0 Å². The van der Waals surface area contributed by atoms with Gasteiger partial charge in [-0.2, -0.15) is 0 Å². The maximum absolute atomic E-state index is 10.8. The first-order chi connectivity index (χ1) is 7.17. The predicted molar refractivity (Wildman–Crippen MR) is 45.1 cm³/mol. The van der Waals surface area contributed by atoms with E-state index in [0.29, 0.717) is 13.0 Å². The molecule has 1 saturated heterocycles. The average molecular weight is 220 g/mol. The Morgan fingerprint density at radius 1 is 1.13 bits per heavy atom. The standard InChI is InChI=1S/C8H12O7/c1-11-7(9)14-5-3-4-13-6(5)15-8(10)12-2/h5-6H,3-4H2,1-2H3. The van der Waals surface area contributed by atoms with Gasteiger partial charge in [0.1, 0.15) is 0 Å². The van der Waals surface area contributed by atoms with E-state index in [1.165, 1.54) is 14.2 Å². The van der Waals surface area contributed by atoms with Gasteiger partial charge in [-0.3, -0.25) is 0 Å². The summed E-state index contributed by atoms with van der Waals surface area (Å²) >= 11 is 0. The molecule has 0 aliphatic carbocycles. The van der Waals surface area contributed by atoms with Gasteiger partial charge in [0.15, 0.2) is 6.10 Å². The van der Waals surface area contributed by atoms with Gasteiger partial charge in [0.05, 0.1) is 20.8 Å². The van der Waals surface area contributed by atoms with Gasteiger partial charge in [-0.25, -0.2) is 9.59 Å². The molecule has 1 aliphatic rings. The quantitative estimate of drug-likeness (QED) is 0.632. The largest absolute Gasteiger partial charge is 0.510 e. The molecule has 1 rings (SSSR count). The molecule has 2 unspecified atom stereocenters. The second-order valence-corrected chi connectivity index (χ2v) is 2.71. The average Bonchev–Trinajstić information content (AvgIpc) is 2.65. The Kier molecular flexibility index (Phi) is 4.17. The molecule has 0 bridgehead atoms.